The molecule has 0 aliphatic heterocycles. The lowest BCUT2D eigenvalue weighted by Gasteiger charge is -2.12. The van der Waals surface area contributed by atoms with Crippen LogP contribution in [0.25, 0.3) is 0 Å². The predicted octanol–water partition coefficient (Wildman–Crippen LogP) is 2.99. The minimum absolute atomic E-state index is 0.0577. The van der Waals surface area contributed by atoms with E-state index in [1.807, 2.05) is 13.8 Å². The third-order valence-corrected chi connectivity index (χ3v) is 3.02. The zero-order valence-electron chi connectivity index (χ0n) is 9.71. The van der Waals surface area contributed by atoms with Crippen LogP contribution in [-0.2, 0) is 0 Å². The Morgan fingerprint density at radius 3 is 2.75 bits per heavy atom. The number of carbonyl (C=O) groups is 1. The van der Waals surface area contributed by atoms with Crippen LogP contribution in [0.2, 0.25) is 0 Å². The molecule has 88 valence electrons. The lowest BCUT2D eigenvalue weighted by Crippen LogP contribution is -2.31. The lowest BCUT2D eigenvalue weighted by molar-refractivity contribution is 0.0939. The Hall–Kier alpha value is -1.03. The summed E-state index contributed by atoms with van der Waals surface area (Å²) in [5.74, 6) is 0.665. The molecular formula is C12H16BrNO2. The third kappa shape index (κ3) is 3.23. The van der Waals surface area contributed by atoms with Crippen molar-refractivity contribution in [2.45, 2.75) is 26.3 Å². The van der Waals surface area contributed by atoms with Crippen LogP contribution in [0.1, 0.15) is 30.6 Å². The molecule has 1 amide bonds. The molecule has 4 heteroatoms. The van der Waals surface area contributed by atoms with Crippen LogP contribution in [0.3, 0.4) is 0 Å². The second kappa shape index (κ2) is 5.89. The van der Waals surface area contributed by atoms with E-state index in [9.17, 15) is 4.79 Å². The van der Waals surface area contributed by atoms with Crippen molar-refractivity contribution in [3.8, 4) is 5.75 Å². The van der Waals surface area contributed by atoms with Gasteiger partial charge in [0.15, 0.2) is 0 Å². The highest BCUT2D eigenvalue weighted by Gasteiger charge is 2.10. The fraction of sp³-hybridized carbons (Fsp3) is 0.417. The van der Waals surface area contributed by atoms with E-state index in [1.165, 1.54) is 0 Å². The molecule has 0 aliphatic carbocycles. The molecule has 0 bridgehead atoms. The van der Waals surface area contributed by atoms with Crippen molar-refractivity contribution in [1.82, 2.24) is 5.32 Å². The number of ether oxygens (including phenoxy) is 1. The second-order valence-electron chi connectivity index (χ2n) is 3.63. The Labute approximate surface area is 104 Å². The molecule has 1 atom stereocenters. The van der Waals surface area contributed by atoms with E-state index < -0.39 is 0 Å². The van der Waals surface area contributed by atoms with Gasteiger partial charge in [-0.2, -0.15) is 0 Å². The zero-order chi connectivity index (χ0) is 12.1. The summed E-state index contributed by atoms with van der Waals surface area (Å²) in [5.41, 5.74) is 0.632. The summed E-state index contributed by atoms with van der Waals surface area (Å²) in [6, 6.07) is 5.47. The second-order valence-corrected chi connectivity index (χ2v) is 4.49. The van der Waals surface area contributed by atoms with Gasteiger partial charge in [0.2, 0.25) is 0 Å². The molecule has 0 saturated carbocycles. The molecule has 1 aromatic rings. The van der Waals surface area contributed by atoms with Gasteiger partial charge in [-0.3, -0.25) is 4.79 Å². The number of nitrogens with one attached hydrogen (secondary N) is 1. The number of amides is 1. The third-order valence-electron chi connectivity index (χ3n) is 2.40. The summed E-state index contributed by atoms with van der Waals surface area (Å²) in [6.07, 6.45) is 0.920. The van der Waals surface area contributed by atoms with Crippen molar-refractivity contribution in [1.29, 1.82) is 0 Å². The average Bonchev–Trinajstić information content (AvgIpc) is 2.28. The van der Waals surface area contributed by atoms with Crippen molar-refractivity contribution in [2.75, 3.05) is 7.11 Å². The lowest BCUT2D eigenvalue weighted by atomic mass is 10.2. The van der Waals surface area contributed by atoms with Crippen molar-refractivity contribution in [3.63, 3.8) is 0 Å². The van der Waals surface area contributed by atoms with Crippen molar-refractivity contribution in [2.24, 2.45) is 0 Å². The molecule has 1 N–H and O–H groups in total. The summed E-state index contributed by atoms with van der Waals surface area (Å²) in [5, 5.41) is 2.91. The van der Waals surface area contributed by atoms with Gasteiger partial charge in [0.25, 0.3) is 5.91 Å². The number of hydrogen-bond donors (Lipinski definition) is 1. The summed E-state index contributed by atoms with van der Waals surface area (Å²) in [7, 11) is 1.60. The van der Waals surface area contributed by atoms with E-state index in [1.54, 1.807) is 25.3 Å². The summed E-state index contributed by atoms with van der Waals surface area (Å²) >= 11 is 3.35. The topological polar surface area (TPSA) is 38.3 Å². The molecule has 0 saturated heterocycles. The zero-order valence-corrected chi connectivity index (χ0v) is 11.3. The Bertz CT molecular complexity index is 379. The highest BCUT2D eigenvalue weighted by Crippen LogP contribution is 2.25. The summed E-state index contributed by atoms with van der Waals surface area (Å²) in [4.78, 5) is 11.8. The number of hydrogen-bond acceptors (Lipinski definition) is 2. The van der Waals surface area contributed by atoms with Crippen molar-refractivity contribution < 1.29 is 9.53 Å². The first-order chi connectivity index (χ1) is 7.58. The molecule has 0 aromatic heterocycles. The number of carbonyl (C=O) groups excluding carboxylic acids is 1. The van der Waals surface area contributed by atoms with Gasteiger partial charge in [-0.1, -0.05) is 6.92 Å². The van der Waals surface area contributed by atoms with Crippen molar-refractivity contribution in [3.05, 3.63) is 28.2 Å². The Morgan fingerprint density at radius 2 is 2.25 bits per heavy atom. The number of halogens is 1. The SMILES string of the molecule is CC[C@H](C)NC(=O)c1ccc(OC)c(Br)c1. The Balaban J connectivity index is 2.81. The van der Waals surface area contributed by atoms with Gasteiger partial charge in [-0.05, 0) is 47.5 Å². The largest absolute Gasteiger partial charge is 0.496 e. The molecule has 0 unspecified atom stereocenters. The first-order valence-electron chi connectivity index (χ1n) is 5.22. The van der Waals surface area contributed by atoms with Crippen LogP contribution in [0, 0.1) is 0 Å². The van der Waals surface area contributed by atoms with Gasteiger partial charge in [-0.15, -0.1) is 0 Å². The maximum absolute atomic E-state index is 11.8. The van der Waals surface area contributed by atoms with Crippen LogP contribution >= 0.6 is 15.9 Å². The van der Waals surface area contributed by atoms with Gasteiger partial charge >= 0.3 is 0 Å². The Kier molecular flexibility index (Phi) is 4.80. The molecule has 0 spiro atoms. The molecule has 0 aliphatic rings. The van der Waals surface area contributed by atoms with E-state index in [0.29, 0.717) is 5.56 Å². The normalized spacial score (nSPS) is 12.0. The van der Waals surface area contributed by atoms with E-state index in [0.717, 1.165) is 16.6 Å². The smallest absolute Gasteiger partial charge is 0.251 e. The van der Waals surface area contributed by atoms with Crippen LogP contribution in [-0.4, -0.2) is 19.1 Å². The summed E-state index contributed by atoms with van der Waals surface area (Å²) < 4.78 is 5.89. The fourth-order valence-corrected chi connectivity index (χ4v) is 1.76. The Morgan fingerprint density at radius 1 is 1.56 bits per heavy atom. The highest BCUT2D eigenvalue weighted by molar-refractivity contribution is 9.10. The van der Waals surface area contributed by atoms with Gasteiger partial charge in [0, 0.05) is 11.6 Å². The number of benzene rings is 1. The first kappa shape index (κ1) is 13.0. The molecule has 1 rings (SSSR count). The first-order valence-corrected chi connectivity index (χ1v) is 6.02. The van der Waals surface area contributed by atoms with Gasteiger partial charge < -0.3 is 10.1 Å². The van der Waals surface area contributed by atoms with Crippen LogP contribution < -0.4 is 10.1 Å². The molecule has 3 nitrogen and oxygen atoms in total. The molecule has 1 aromatic carbocycles. The molecule has 0 heterocycles. The molecule has 0 fully saturated rings. The summed E-state index contributed by atoms with van der Waals surface area (Å²) in [6.45, 7) is 4.02. The van der Waals surface area contributed by atoms with Crippen LogP contribution in [0.5, 0.6) is 5.75 Å². The molecule has 0 radical (unpaired) electrons. The molecular weight excluding hydrogens is 270 g/mol. The number of methoxy groups -OCH3 is 1. The maximum Gasteiger partial charge on any atom is 0.251 e. The minimum Gasteiger partial charge on any atom is -0.496 e. The van der Waals surface area contributed by atoms with E-state index in [2.05, 4.69) is 21.2 Å². The van der Waals surface area contributed by atoms with E-state index >= 15 is 0 Å². The average molecular weight is 286 g/mol. The van der Waals surface area contributed by atoms with E-state index in [4.69, 9.17) is 4.74 Å². The fourth-order valence-electron chi connectivity index (χ4n) is 1.22. The highest BCUT2D eigenvalue weighted by atomic mass is 79.9. The van der Waals surface area contributed by atoms with Crippen LogP contribution in [0.4, 0.5) is 0 Å². The predicted molar refractivity (Wildman–Crippen MR) is 67.9 cm³/mol. The molecule has 16 heavy (non-hydrogen) atoms. The van der Waals surface area contributed by atoms with Gasteiger partial charge in [0.1, 0.15) is 5.75 Å². The quantitative estimate of drug-likeness (QED) is 0.924. The van der Waals surface area contributed by atoms with Crippen molar-refractivity contribution >= 4 is 21.8 Å². The van der Waals surface area contributed by atoms with Crippen LogP contribution in [0.15, 0.2) is 22.7 Å². The van der Waals surface area contributed by atoms with Gasteiger partial charge in [0.05, 0.1) is 11.6 Å². The van der Waals surface area contributed by atoms with E-state index in [-0.39, 0.29) is 11.9 Å². The monoisotopic (exact) mass is 285 g/mol. The maximum atomic E-state index is 11.8. The number of rotatable bonds is 4. The minimum atomic E-state index is -0.0577. The van der Waals surface area contributed by atoms with Gasteiger partial charge in [-0.25, -0.2) is 0 Å². The standard InChI is InChI=1S/C12H16BrNO2/c1-4-8(2)14-12(15)9-5-6-11(16-3)10(13)7-9/h5-8H,4H2,1-3H3,(H,14,15)/t8-/m0/s1.